The minimum Gasteiger partial charge on any atom is -0.353 e. The van der Waals surface area contributed by atoms with Gasteiger partial charge in [-0.15, -0.1) is 0 Å². The maximum Gasteiger partial charge on any atom is 0.161 e. The van der Waals surface area contributed by atoms with Crippen LogP contribution in [0.2, 0.25) is 0 Å². The summed E-state index contributed by atoms with van der Waals surface area (Å²) in [5, 5.41) is 0. The van der Waals surface area contributed by atoms with Crippen LogP contribution < -0.4 is 0 Å². The van der Waals surface area contributed by atoms with Crippen LogP contribution in [-0.4, -0.2) is 30.6 Å². The molecule has 4 nitrogen and oxygen atoms in total. The maximum atomic E-state index is 13.0. The second-order valence-electron chi connectivity index (χ2n) is 11.7. The highest BCUT2D eigenvalue weighted by Crippen LogP contribution is 2.67. The number of hydrogen-bond donors (Lipinski definition) is 0. The molecule has 0 aromatic carbocycles. The van der Waals surface area contributed by atoms with Crippen LogP contribution in [0.25, 0.3) is 0 Å². The van der Waals surface area contributed by atoms with Gasteiger partial charge in [0.05, 0.1) is 0 Å². The highest BCUT2D eigenvalue weighted by atomic mass is 16.7. The van der Waals surface area contributed by atoms with Gasteiger partial charge in [0, 0.05) is 18.9 Å². The molecular formula is C26H40O4. The predicted molar refractivity (Wildman–Crippen MR) is 115 cm³/mol. The summed E-state index contributed by atoms with van der Waals surface area (Å²) < 4.78 is 12.1. The van der Waals surface area contributed by atoms with E-state index in [2.05, 4.69) is 13.8 Å². The van der Waals surface area contributed by atoms with E-state index in [1.807, 2.05) is 6.92 Å². The molecule has 30 heavy (non-hydrogen) atoms. The van der Waals surface area contributed by atoms with Crippen molar-refractivity contribution in [2.75, 3.05) is 6.61 Å². The average Bonchev–Trinajstić information content (AvgIpc) is 3.07. The summed E-state index contributed by atoms with van der Waals surface area (Å²) in [6.45, 7) is 7.45. The smallest absolute Gasteiger partial charge is 0.161 e. The first-order valence-electron chi connectivity index (χ1n) is 12.6. The zero-order valence-electron chi connectivity index (χ0n) is 19.2. The van der Waals surface area contributed by atoms with Crippen LogP contribution >= 0.6 is 0 Å². The normalized spacial score (nSPS) is 51.0. The standard InChI is InChI=1S/C26H40O4/c1-16(27)19-9-10-20-18-8-7-17-14-22(28)23(30-24-6-4-5-13-29-24)15-26(17,3)21(18)11-12-25(19,20)2/h17-21,23-24H,4-15H2,1-3H3/t17-,18-,19+,20-,21-,23?,24?,25+,26-/m0/s1. The second kappa shape index (κ2) is 7.69. The molecule has 9 atom stereocenters. The zero-order valence-corrected chi connectivity index (χ0v) is 19.2. The van der Waals surface area contributed by atoms with E-state index in [-0.39, 0.29) is 29.1 Å². The summed E-state index contributed by atoms with van der Waals surface area (Å²) in [6.07, 6.45) is 11.4. The van der Waals surface area contributed by atoms with E-state index in [1.165, 1.54) is 32.1 Å². The van der Waals surface area contributed by atoms with Crippen molar-refractivity contribution >= 4 is 11.6 Å². The number of Topliss-reactive ketones (excluding diaryl/α,β-unsaturated/α-hetero) is 2. The molecule has 0 spiro atoms. The van der Waals surface area contributed by atoms with E-state index in [0.717, 1.165) is 38.7 Å². The van der Waals surface area contributed by atoms with E-state index in [1.54, 1.807) is 0 Å². The molecule has 0 amide bonds. The van der Waals surface area contributed by atoms with Gasteiger partial charge < -0.3 is 9.47 Å². The summed E-state index contributed by atoms with van der Waals surface area (Å²) in [6, 6.07) is 0. The number of fused-ring (bicyclic) bond motifs is 5. The molecule has 0 bridgehead atoms. The van der Waals surface area contributed by atoms with Gasteiger partial charge in [0.2, 0.25) is 0 Å². The van der Waals surface area contributed by atoms with Crippen molar-refractivity contribution < 1.29 is 19.1 Å². The third-order valence-electron chi connectivity index (χ3n) is 10.4. The van der Waals surface area contributed by atoms with Gasteiger partial charge in [-0.25, -0.2) is 0 Å². The largest absolute Gasteiger partial charge is 0.353 e. The Balaban J connectivity index is 1.36. The lowest BCUT2D eigenvalue weighted by Gasteiger charge is -2.60. The highest BCUT2D eigenvalue weighted by molar-refractivity contribution is 5.84. The van der Waals surface area contributed by atoms with Crippen LogP contribution in [0.1, 0.15) is 91.4 Å². The van der Waals surface area contributed by atoms with Crippen molar-refractivity contribution in [1.29, 1.82) is 0 Å². The molecule has 5 aliphatic rings. The van der Waals surface area contributed by atoms with Crippen LogP contribution in [0.3, 0.4) is 0 Å². The quantitative estimate of drug-likeness (QED) is 0.584. The minimum absolute atomic E-state index is 0.186. The lowest BCUT2D eigenvalue weighted by molar-refractivity contribution is -0.213. The molecule has 0 N–H and O–H groups in total. The number of carbonyl (C=O) groups is 2. The Labute approximate surface area is 181 Å². The fourth-order valence-electron chi connectivity index (χ4n) is 8.87. The van der Waals surface area contributed by atoms with Crippen molar-refractivity contribution in [3.63, 3.8) is 0 Å². The molecule has 0 aromatic rings. The Morgan fingerprint density at radius 1 is 1.00 bits per heavy atom. The average molecular weight is 417 g/mol. The van der Waals surface area contributed by atoms with Crippen molar-refractivity contribution in [2.24, 2.45) is 40.4 Å². The summed E-state index contributed by atoms with van der Waals surface area (Å²) in [5.41, 5.74) is 0.387. The zero-order chi connectivity index (χ0) is 21.1. The monoisotopic (exact) mass is 416 g/mol. The van der Waals surface area contributed by atoms with Gasteiger partial charge in [0.25, 0.3) is 0 Å². The van der Waals surface area contributed by atoms with Crippen LogP contribution in [0.15, 0.2) is 0 Å². The van der Waals surface area contributed by atoms with E-state index in [0.29, 0.717) is 41.7 Å². The van der Waals surface area contributed by atoms with E-state index < -0.39 is 0 Å². The molecular weight excluding hydrogens is 376 g/mol. The van der Waals surface area contributed by atoms with Gasteiger partial charge in [0.1, 0.15) is 11.9 Å². The second-order valence-corrected chi connectivity index (χ2v) is 11.7. The van der Waals surface area contributed by atoms with Gasteiger partial charge in [-0.2, -0.15) is 0 Å². The van der Waals surface area contributed by atoms with Crippen molar-refractivity contribution in [3.8, 4) is 0 Å². The third kappa shape index (κ3) is 3.23. The number of rotatable bonds is 3. The molecule has 2 unspecified atom stereocenters. The summed E-state index contributed by atoms with van der Waals surface area (Å²) in [4.78, 5) is 25.3. The molecule has 0 radical (unpaired) electrons. The number of ether oxygens (including phenoxy) is 2. The van der Waals surface area contributed by atoms with E-state index >= 15 is 0 Å². The van der Waals surface area contributed by atoms with Crippen LogP contribution in [0.4, 0.5) is 0 Å². The molecule has 5 rings (SSSR count). The fourth-order valence-corrected chi connectivity index (χ4v) is 8.87. The summed E-state index contributed by atoms with van der Waals surface area (Å²) in [7, 11) is 0. The first-order valence-corrected chi connectivity index (χ1v) is 12.6. The maximum absolute atomic E-state index is 13.0. The first-order chi connectivity index (χ1) is 14.3. The predicted octanol–water partition coefficient (Wildman–Crippen LogP) is 5.33. The molecule has 1 aliphatic heterocycles. The first kappa shape index (κ1) is 21.1. The van der Waals surface area contributed by atoms with Crippen molar-refractivity contribution in [1.82, 2.24) is 0 Å². The molecule has 168 valence electrons. The third-order valence-corrected chi connectivity index (χ3v) is 10.4. The van der Waals surface area contributed by atoms with Crippen molar-refractivity contribution in [2.45, 2.75) is 104 Å². The summed E-state index contributed by atoms with van der Waals surface area (Å²) >= 11 is 0. The Hall–Kier alpha value is -0.740. The molecule has 5 fully saturated rings. The Kier molecular flexibility index (Phi) is 5.41. The van der Waals surface area contributed by atoms with Crippen LogP contribution in [0.5, 0.6) is 0 Å². The lowest BCUT2D eigenvalue weighted by Crippen LogP contribution is -2.56. The minimum atomic E-state index is -0.282. The highest BCUT2D eigenvalue weighted by Gasteiger charge is 2.61. The molecule has 4 saturated carbocycles. The van der Waals surface area contributed by atoms with Gasteiger partial charge in [-0.3, -0.25) is 9.59 Å². The number of carbonyl (C=O) groups excluding carboxylic acids is 2. The Morgan fingerprint density at radius 3 is 2.53 bits per heavy atom. The molecule has 1 saturated heterocycles. The number of ketones is 2. The SMILES string of the molecule is CC(=O)[C@H]1CC[C@H]2[C@@H]3CC[C@H]4CC(=O)C(OC5CCCCO5)C[C@]4(C)[C@H]3CC[C@]12C. The topological polar surface area (TPSA) is 52.6 Å². The van der Waals surface area contributed by atoms with E-state index in [4.69, 9.17) is 9.47 Å². The van der Waals surface area contributed by atoms with Gasteiger partial charge >= 0.3 is 0 Å². The molecule has 0 aromatic heterocycles. The summed E-state index contributed by atoms with van der Waals surface area (Å²) in [5.74, 6) is 3.56. The van der Waals surface area contributed by atoms with Gasteiger partial charge in [0.15, 0.2) is 12.1 Å². The Morgan fingerprint density at radius 2 is 1.80 bits per heavy atom. The Bertz CT molecular complexity index is 697. The molecule has 4 heteroatoms. The van der Waals surface area contributed by atoms with E-state index in [9.17, 15) is 9.59 Å². The van der Waals surface area contributed by atoms with Crippen LogP contribution in [-0.2, 0) is 19.1 Å². The van der Waals surface area contributed by atoms with Crippen LogP contribution in [0, 0.1) is 40.4 Å². The van der Waals surface area contributed by atoms with Gasteiger partial charge in [-0.1, -0.05) is 13.8 Å². The number of hydrogen-bond acceptors (Lipinski definition) is 4. The molecule has 4 aliphatic carbocycles. The molecule has 1 heterocycles. The fraction of sp³-hybridized carbons (Fsp3) is 0.923. The lowest BCUT2D eigenvalue weighted by atomic mass is 9.44. The van der Waals surface area contributed by atoms with Crippen molar-refractivity contribution in [3.05, 3.63) is 0 Å². The van der Waals surface area contributed by atoms with Gasteiger partial charge in [-0.05, 0) is 106 Å².